The van der Waals surface area contributed by atoms with E-state index in [0.29, 0.717) is 18.0 Å². The van der Waals surface area contributed by atoms with Gasteiger partial charge in [-0.25, -0.2) is 4.99 Å². The summed E-state index contributed by atoms with van der Waals surface area (Å²) in [6, 6.07) is 14.0. The quantitative estimate of drug-likeness (QED) is 0.288. The number of benzene rings is 2. The van der Waals surface area contributed by atoms with Crippen LogP contribution < -0.4 is 24.8 Å². The number of guanidine groups is 1. The largest absolute Gasteiger partial charge is 0.497 e. The van der Waals surface area contributed by atoms with Gasteiger partial charge in [0.05, 0.1) is 27.9 Å². The Morgan fingerprint density at radius 1 is 0.900 bits per heavy atom. The third kappa shape index (κ3) is 7.27. The molecular weight excluding hydrogens is 493 g/mol. The van der Waals surface area contributed by atoms with Crippen LogP contribution in [-0.4, -0.2) is 40.4 Å². The van der Waals surface area contributed by atoms with Crippen molar-refractivity contribution in [1.29, 1.82) is 0 Å². The Balaban J connectivity index is 0.00000450. The summed E-state index contributed by atoms with van der Waals surface area (Å²) in [5.41, 5.74) is 2.22. The van der Waals surface area contributed by atoms with Crippen LogP contribution in [0.4, 0.5) is 0 Å². The predicted octanol–water partition coefficient (Wildman–Crippen LogP) is 4.36. The van der Waals surface area contributed by atoms with Crippen LogP contribution in [0.5, 0.6) is 17.2 Å². The van der Waals surface area contributed by atoms with E-state index in [1.54, 1.807) is 21.3 Å². The standard InChI is InChI=1S/C23H33N3O3.HI/c1-7-24-22(25-15-17-8-13-20(28-5)21(14-17)29-6)26-16-23(2,3)18-9-11-19(27-4)12-10-18;/h8-14H,7,15-16H2,1-6H3,(H2,24,25,26);1H. The number of nitrogens with one attached hydrogen (secondary N) is 2. The van der Waals surface area contributed by atoms with Gasteiger partial charge in [-0.05, 0) is 42.3 Å². The molecule has 2 N–H and O–H groups in total. The molecule has 0 fully saturated rings. The van der Waals surface area contributed by atoms with E-state index in [1.165, 1.54) is 5.56 Å². The molecule has 0 aromatic heterocycles. The Hall–Kier alpha value is -2.16. The summed E-state index contributed by atoms with van der Waals surface area (Å²) in [4.78, 5) is 4.72. The van der Waals surface area contributed by atoms with Gasteiger partial charge in [-0.2, -0.15) is 0 Å². The average molecular weight is 527 g/mol. The summed E-state index contributed by atoms with van der Waals surface area (Å²) in [5, 5.41) is 6.77. The van der Waals surface area contributed by atoms with Crippen molar-refractivity contribution in [1.82, 2.24) is 10.6 Å². The second-order valence-corrected chi connectivity index (χ2v) is 7.35. The van der Waals surface area contributed by atoms with Gasteiger partial charge >= 0.3 is 0 Å². The molecule has 2 aromatic rings. The Kier molecular flexibility index (Phi) is 10.8. The SMILES string of the molecule is CCNC(=NCc1ccc(OC)c(OC)c1)NCC(C)(C)c1ccc(OC)cc1.I. The zero-order valence-corrected chi connectivity index (χ0v) is 21.1. The molecule has 0 spiro atoms. The fourth-order valence-electron chi connectivity index (χ4n) is 2.94. The fourth-order valence-corrected chi connectivity index (χ4v) is 2.94. The minimum Gasteiger partial charge on any atom is -0.497 e. The molecule has 0 aliphatic carbocycles. The van der Waals surface area contributed by atoms with Gasteiger partial charge in [0.25, 0.3) is 0 Å². The van der Waals surface area contributed by atoms with Crippen LogP contribution in [0, 0.1) is 0 Å². The number of hydrogen-bond acceptors (Lipinski definition) is 4. The van der Waals surface area contributed by atoms with E-state index in [2.05, 4.69) is 43.5 Å². The molecule has 0 amide bonds. The van der Waals surface area contributed by atoms with Crippen LogP contribution in [0.2, 0.25) is 0 Å². The van der Waals surface area contributed by atoms with Gasteiger partial charge in [-0.1, -0.05) is 32.0 Å². The van der Waals surface area contributed by atoms with Crippen molar-refractivity contribution < 1.29 is 14.2 Å². The second kappa shape index (κ2) is 12.5. The highest BCUT2D eigenvalue weighted by Gasteiger charge is 2.21. The highest BCUT2D eigenvalue weighted by molar-refractivity contribution is 14.0. The number of aliphatic imine (C=N–C) groups is 1. The first-order chi connectivity index (χ1) is 13.9. The smallest absolute Gasteiger partial charge is 0.191 e. The maximum absolute atomic E-state index is 5.38. The predicted molar refractivity (Wildman–Crippen MR) is 134 cm³/mol. The van der Waals surface area contributed by atoms with E-state index in [-0.39, 0.29) is 29.4 Å². The summed E-state index contributed by atoms with van der Waals surface area (Å²) in [7, 11) is 4.95. The molecule has 0 radical (unpaired) electrons. The van der Waals surface area contributed by atoms with Gasteiger partial charge in [-0.3, -0.25) is 0 Å². The molecule has 7 heteroatoms. The van der Waals surface area contributed by atoms with E-state index in [1.807, 2.05) is 30.3 Å². The molecule has 2 rings (SSSR count). The molecule has 2 aromatic carbocycles. The van der Waals surface area contributed by atoms with Crippen molar-refractivity contribution in [2.45, 2.75) is 32.7 Å². The van der Waals surface area contributed by atoms with Crippen molar-refractivity contribution in [3.63, 3.8) is 0 Å². The average Bonchev–Trinajstić information content (AvgIpc) is 2.75. The van der Waals surface area contributed by atoms with Gasteiger partial charge < -0.3 is 24.8 Å². The van der Waals surface area contributed by atoms with Crippen LogP contribution in [0.1, 0.15) is 31.9 Å². The minimum atomic E-state index is -0.0637. The zero-order valence-electron chi connectivity index (χ0n) is 18.7. The van der Waals surface area contributed by atoms with Gasteiger partial charge in [0, 0.05) is 18.5 Å². The number of nitrogens with zero attached hydrogens (tertiary/aromatic N) is 1. The second-order valence-electron chi connectivity index (χ2n) is 7.35. The molecule has 6 nitrogen and oxygen atoms in total. The van der Waals surface area contributed by atoms with E-state index in [4.69, 9.17) is 19.2 Å². The van der Waals surface area contributed by atoms with Crippen LogP contribution in [-0.2, 0) is 12.0 Å². The van der Waals surface area contributed by atoms with Gasteiger partial charge in [0.15, 0.2) is 17.5 Å². The number of methoxy groups -OCH3 is 3. The summed E-state index contributed by atoms with van der Waals surface area (Å²) in [6.45, 7) is 8.55. The normalized spacial score (nSPS) is 11.3. The van der Waals surface area contributed by atoms with Crippen LogP contribution in [0.15, 0.2) is 47.5 Å². The zero-order chi connectivity index (χ0) is 21.3. The monoisotopic (exact) mass is 527 g/mol. The first kappa shape index (κ1) is 25.9. The fraction of sp³-hybridized carbons (Fsp3) is 0.435. The van der Waals surface area contributed by atoms with Crippen LogP contribution in [0.3, 0.4) is 0 Å². The molecule has 0 saturated heterocycles. The molecule has 0 atom stereocenters. The lowest BCUT2D eigenvalue weighted by Gasteiger charge is -2.27. The molecule has 166 valence electrons. The summed E-state index contributed by atoms with van der Waals surface area (Å²) < 4.78 is 15.9. The third-order valence-electron chi connectivity index (χ3n) is 4.78. The lowest BCUT2D eigenvalue weighted by Crippen LogP contribution is -2.43. The van der Waals surface area contributed by atoms with E-state index in [0.717, 1.165) is 30.4 Å². The van der Waals surface area contributed by atoms with Gasteiger partial charge in [0.1, 0.15) is 5.75 Å². The Bertz CT molecular complexity index is 808. The number of hydrogen-bond donors (Lipinski definition) is 2. The molecular formula is C23H34IN3O3. The maximum atomic E-state index is 5.38. The first-order valence-electron chi connectivity index (χ1n) is 9.81. The van der Waals surface area contributed by atoms with Gasteiger partial charge in [0.2, 0.25) is 0 Å². The van der Waals surface area contributed by atoms with Crippen LogP contribution >= 0.6 is 24.0 Å². The molecule has 0 unspecified atom stereocenters. The van der Waals surface area contributed by atoms with Crippen molar-refractivity contribution in [2.75, 3.05) is 34.4 Å². The first-order valence-corrected chi connectivity index (χ1v) is 9.81. The third-order valence-corrected chi connectivity index (χ3v) is 4.78. The topological polar surface area (TPSA) is 64.1 Å². The summed E-state index contributed by atoms with van der Waals surface area (Å²) >= 11 is 0. The number of ether oxygens (including phenoxy) is 3. The molecule has 0 aliphatic rings. The van der Waals surface area contributed by atoms with Crippen molar-refractivity contribution in [3.05, 3.63) is 53.6 Å². The van der Waals surface area contributed by atoms with E-state index < -0.39 is 0 Å². The Labute approximate surface area is 197 Å². The number of rotatable bonds is 9. The van der Waals surface area contributed by atoms with Crippen LogP contribution in [0.25, 0.3) is 0 Å². The molecule has 0 bridgehead atoms. The highest BCUT2D eigenvalue weighted by atomic mass is 127. The summed E-state index contributed by atoms with van der Waals surface area (Å²) in [6.07, 6.45) is 0. The molecule has 0 saturated carbocycles. The number of halogens is 1. The van der Waals surface area contributed by atoms with Crippen molar-refractivity contribution >= 4 is 29.9 Å². The van der Waals surface area contributed by atoms with Crippen molar-refractivity contribution in [2.24, 2.45) is 4.99 Å². The molecule has 0 heterocycles. The maximum Gasteiger partial charge on any atom is 0.191 e. The molecule has 30 heavy (non-hydrogen) atoms. The molecule has 0 aliphatic heterocycles. The minimum absolute atomic E-state index is 0. The summed E-state index contributed by atoms with van der Waals surface area (Å²) in [5.74, 6) is 3.07. The Morgan fingerprint density at radius 2 is 1.57 bits per heavy atom. The lowest BCUT2D eigenvalue weighted by atomic mass is 9.84. The van der Waals surface area contributed by atoms with Gasteiger partial charge in [-0.15, -0.1) is 24.0 Å². The van der Waals surface area contributed by atoms with E-state index >= 15 is 0 Å². The lowest BCUT2D eigenvalue weighted by molar-refractivity contribution is 0.354. The highest BCUT2D eigenvalue weighted by Crippen LogP contribution is 2.28. The van der Waals surface area contributed by atoms with E-state index in [9.17, 15) is 0 Å². The van der Waals surface area contributed by atoms with Crippen molar-refractivity contribution in [3.8, 4) is 17.2 Å². The Morgan fingerprint density at radius 3 is 2.13 bits per heavy atom.